The second kappa shape index (κ2) is 10.5. The Morgan fingerprint density at radius 3 is 2.54 bits per heavy atom. The van der Waals surface area contributed by atoms with Gasteiger partial charge >= 0.3 is 0 Å². The van der Waals surface area contributed by atoms with Gasteiger partial charge in [0.1, 0.15) is 11.6 Å². The van der Waals surface area contributed by atoms with Crippen LogP contribution in [0.5, 0.6) is 5.75 Å². The number of anilines is 1. The number of amides is 1. The molecule has 0 bridgehead atoms. The molecule has 1 amide bonds. The van der Waals surface area contributed by atoms with E-state index in [2.05, 4.69) is 5.32 Å². The molecule has 2 aromatic carbocycles. The first-order chi connectivity index (χ1) is 11.1. The van der Waals surface area contributed by atoms with Crippen molar-refractivity contribution in [3.63, 3.8) is 0 Å². The minimum Gasteiger partial charge on any atom is -0.494 e. The number of hydrogen-bond donors (Lipinski definition) is 2. The molecule has 0 saturated heterocycles. The van der Waals surface area contributed by atoms with Crippen LogP contribution in [0.2, 0.25) is 0 Å². The first kappa shape index (κ1) is 19.8. The summed E-state index contributed by atoms with van der Waals surface area (Å²) in [7, 11) is 0. The van der Waals surface area contributed by atoms with Crippen molar-refractivity contribution in [3.05, 3.63) is 59.9 Å². The predicted molar refractivity (Wildman–Crippen MR) is 95.9 cm³/mol. The summed E-state index contributed by atoms with van der Waals surface area (Å²) in [6, 6.07) is 13.4. The van der Waals surface area contributed by atoms with E-state index < -0.39 is 0 Å². The van der Waals surface area contributed by atoms with Crippen LogP contribution in [0, 0.1) is 5.82 Å². The number of hydrogen-bond acceptors (Lipinski definition) is 3. The fourth-order valence-corrected chi connectivity index (χ4v) is 2.12. The summed E-state index contributed by atoms with van der Waals surface area (Å²) in [6.45, 7) is 1.02. The normalized spacial score (nSPS) is 9.88. The highest BCUT2D eigenvalue weighted by Gasteiger charge is 2.04. The molecular weight excluding hydrogens is 331 g/mol. The van der Waals surface area contributed by atoms with Crippen LogP contribution in [0.1, 0.15) is 18.4 Å². The fourth-order valence-electron chi connectivity index (χ4n) is 2.12. The molecule has 24 heavy (non-hydrogen) atoms. The summed E-state index contributed by atoms with van der Waals surface area (Å²) in [5.41, 5.74) is 7.54. The Labute approximate surface area is 147 Å². The molecule has 0 heterocycles. The van der Waals surface area contributed by atoms with E-state index in [1.54, 1.807) is 12.1 Å². The molecule has 130 valence electrons. The Hall–Kier alpha value is -2.27. The zero-order valence-electron chi connectivity index (χ0n) is 13.3. The smallest absolute Gasteiger partial charge is 0.220 e. The van der Waals surface area contributed by atoms with Gasteiger partial charge in [0.15, 0.2) is 0 Å². The molecule has 6 heteroatoms. The number of benzene rings is 2. The largest absolute Gasteiger partial charge is 0.494 e. The molecule has 0 fully saturated rings. The Balaban J connectivity index is 0.00000288. The van der Waals surface area contributed by atoms with Gasteiger partial charge in [-0.1, -0.05) is 18.2 Å². The van der Waals surface area contributed by atoms with E-state index in [1.807, 2.05) is 24.3 Å². The van der Waals surface area contributed by atoms with Crippen molar-refractivity contribution < 1.29 is 13.9 Å². The summed E-state index contributed by atoms with van der Waals surface area (Å²) in [6.07, 6.45) is 1.73. The molecule has 0 saturated carbocycles. The second-order valence-electron chi connectivity index (χ2n) is 5.20. The third-order valence-corrected chi connectivity index (χ3v) is 3.40. The lowest BCUT2D eigenvalue weighted by atomic mass is 10.1. The topological polar surface area (TPSA) is 64.4 Å². The summed E-state index contributed by atoms with van der Waals surface area (Å²) in [4.78, 5) is 11.8. The number of aryl methyl sites for hydroxylation is 1. The Morgan fingerprint density at radius 1 is 1.12 bits per heavy atom. The highest BCUT2D eigenvalue weighted by molar-refractivity contribution is 5.85. The third-order valence-electron chi connectivity index (χ3n) is 3.40. The summed E-state index contributed by atoms with van der Waals surface area (Å²) in [5.74, 6) is 0.330. The van der Waals surface area contributed by atoms with Crippen LogP contribution in [-0.2, 0) is 11.2 Å². The van der Waals surface area contributed by atoms with Crippen LogP contribution >= 0.6 is 12.4 Å². The standard InChI is InChI=1S/C18H21FN2O2.ClH/c19-15-7-9-16(10-8-15)23-13-3-12-21-18(22)11-6-14-4-1-2-5-17(14)20;/h1-2,4-5,7-10H,3,6,11-13,20H2,(H,21,22);1H. The molecule has 0 radical (unpaired) electrons. The Kier molecular flexibility index (Phi) is 8.65. The van der Waals surface area contributed by atoms with E-state index in [0.29, 0.717) is 43.9 Å². The number of rotatable bonds is 8. The van der Waals surface area contributed by atoms with Crippen molar-refractivity contribution in [2.75, 3.05) is 18.9 Å². The number of nitrogen functional groups attached to an aromatic ring is 1. The monoisotopic (exact) mass is 352 g/mol. The molecule has 2 rings (SSSR count). The lowest BCUT2D eigenvalue weighted by molar-refractivity contribution is -0.121. The van der Waals surface area contributed by atoms with Crippen LogP contribution in [0.4, 0.5) is 10.1 Å². The Morgan fingerprint density at radius 2 is 1.83 bits per heavy atom. The highest BCUT2D eigenvalue weighted by atomic mass is 35.5. The number of ether oxygens (including phenoxy) is 1. The summed E-state index contributed by atoms with van der Waals surface area (Å²) >= 11 is 0. The lowest BCUT2D eigenvalue weighted by Crippen LogP contribution is -2.25. The van der Waals surface area contributed by atoms with Gasteiger partial charge < -0.3 is 15.8 Å². The van der Waals surface area contributed by atoms with Crippen molar-refractivity contribution in [1.82, 2.24) is 5.32 Å². The molecule has 3 N–H and O–H groups in total. The van der Waals surface area contributed by atoms with Gasteiger partial charge in [0.25, 0.3) is 0 Å². The zero-order chi connectivity index (χ0) is 16.5. The number of nitrogens with one attached hydrogen (secondary N) is 1. The first-order valence-electron chi connectivity index (χ1n) is 7.63. The molecular formula is C18H22ClFN2O2. The van der Waals surface area contributed by atoms with Gasteiger partial charge in [-0.2, -0.15) is 0 Å². The number of nitrogens with two attached hydrogens (primary N) is 1. The van der Waals surface area contributed by atoms with Crippen LogP contribution in [0.25, 0.3) is 0 Å². The average Bonchev–Trinajstić information content (AvgIpc) is 2.55. The predicted octanol–water partition coefficient (Wildman–Crippen LogP) is 3.35. The van der Waals surface area contributed by atoms with Gasteiger partial charge in [0, 0.05) is 18.7 Å². The summed E-state index contributed by atoms with van der Waals surface area (Å²) < 4.78 is 18.2. The van der Waals surface area contributed by atoms with E-state index in [0.717, 1.165) is 5.56 Å². The van der Waals surface area contributed by atoms with Crippen LogP contribution < -0.4 is 15.8 Å². The van der Waals surface area contributed by atoms with Gasteiger partial charge in [-0.25, -0.2) is 4.39 Å². The van der Waals surface area contributed by atoms with Crippen molar-refractivity contribution in [2.24, 2.45) is 0 Å². The van der Waals surface area contributed by atoms with E-state index in [-0.39, 0.29) is 24.1 Å². The minimum atomic E-state index is -0.288. The third kappa shape index (κ3) is 6.87. The zero-order valence-corrected chi connectivity index (χ0v) is 14.2. The fraction of sp³-hybridized carbons (Fsp3) is 0.278. The highest BCUT2D eigenvalue weighted by Crippen LogP contribution is 2.12. The number of carbonyl (C=O) groups excluding carboxylic acids is 1. The average molecular weight is 353 g/mol. The maximum Gasteiger partial charge on any atom is 0.220 e. The molecule has 2 aromatic rings. The summed E-state index contributed by atoms with van der Waals surface area (Å²) in [5, 5.41) is 2.85. The minimum absolute atomic E-state index is 0. The van der Waals surface area contributed by atoms with Gasteiger partial charge in [-0.3, -0.25) is 4.79 Å². The molecule has 0 aliphatic carbocycles. The molecule has 4 nitrogen and oxygen atoms in total. The Bertz CT molecular complexity index is 635. The number of carbonyl (C=O) groups is 1. The van der Waals surface area contributed by atoms with Crippen molar-refractivity contribution in [1.29, 1.82) is 0 Å². The maximum absolute atomic E-state index is 12.7. The van der Waals surface area contributed by atoms with Crippen LogP contribution in [0.3, 0.4) is 0 Å². The van der Waals surface area contributed by atoms with Crippen molar-refractivity contribution in [2.45, 2.75) is 19.3 Å². The molecule has 0 spiro atoms. The van der Waals surface area contributed by atoms with Crippen molar-refractivity contribution in [3.8, 4) is 5.75 Å². The van der Waals surface area contributed by atoms with Crippen molar-refractivity contribution >= 4 is 24.0 Å². The lowest BCUT2D eigenvalue weighted by Gasteiger charge is -2.08. The molecule has 0 aliphatic rings. The van der Waals surface area contributed by atoms with E-state index in [1.165, 1.54) is 12.1 Å². The van der Waals surface area contributed by atoms with Crippen LogP contribution in [0.15, 0.2) is 48.5 Å². The van der Waals surface area contributed by atoms with Gasteiger partial charge in [0.2, 0.25) is 5.91 Å². The molecule has 0 aromatic heterocycles. The molecule has 0 unspecified atom stereocenters. The van der Waals surface area contributed by atoms with E-state index >= 15 is 0 Å². The van der Waals surface area contributed by atoms with E-state index in [9.17, 15) is 9.18 Å². The van der Waals surface area contributed by atoms with Gasteiger partial charge in [-0.05, 0) is 48.7 Å². The second-order valence-corrected chi connectivity index (χ2v) is 5.20. The number of halogens is 2. The molecule has 0 atom stereocenters. The SMILES string of the molecule is Cl.Nc1ccccc1CCC(=O)NCCCOc1ccc(F)cc1. The number of para-hydroxylation sites is 1. The van der Waals surface area contributed by atoms with Gasteiger partial charge in [0.05, 0.1) is 6.61 Å². The molecule has 0 aliphatic heterocycles. The quantitative estimate of drug-likeness (QED) is 0.565. The first-order valence-corrected chi connectivity index (χ1v) is 7.63. The maximum atomic E-state index is 12.7. The van der Waals surface area contributed by atoms with Crippen LogP contribution in [-0.4, -0.2) is 19.1 Å². The van der Waals surface area contributed by atoms with Gasteiger partial charge in [-0.15, -0.1) is 12.4 Å². The van der Waals surface area contributed by atoms with E-state index in [4.69, 9.17) is 10.5 Å².